The maximum atomic E-state index is 11.7. The van der Waals surface area contributed by atoms with E-state index in [2.05, 4.69) is 36.5 Å². The molecule has 0 saturated carbocycles. The van der Waals surface area contributed by atoms with Gasteiger partial charge in [-0.3, -0.25) is 9.59 Å². The molecule has 0 aromatic heterocycles. The first kappa shape index (κ1) is 16.2. The standard InChI is InChI=1S/C15H20N2O2S2/c1-12-2-4-13(5-3-12)20-10-7-16-14(18)6-8-17-9-11-21-15(17)19/h2-5H,6-11H2,1H3,(H,16,18). The van der Waals surface area contributed by atoms with Crippen LogP contribution in [0.2, 0.25) is 0 Å². The smallest absolute Gasteiger partial charge is 0.281 e. The number of rotatable bonds is 7. The number of hydrogen-bond donors (Lipinski definition) is 1. The number of aryl methyl sites for hydroxylation is 1. The van der Waals surface area contributed by atoms with E-state index in [1.807, 2.05) is 0 Å². The second kappa shape index (κ2) is 8.34. The molecule has 2 rings (SSSR count). The van der Waals surface area contributed by atoms with Gasteiger partial charge in [-0.2, -0.15) is 0 Å². The van der Waals surface area contributed by atoms with E-state index in [0.29, 0.717) is 19.5 Å². The summed E-state index contributed by atoms with van der Waals surface area (Å²) in [6.07, 6.45) is 0.390. The molecule has 1 saturated heterocycles. The van der Waals surface area contributed by atoms with Crippen LogP contribution in [-0.4, -0.2) is 47.2 Å². The maximum Gasteiger partial charge on any atom is 0.281 e. The molecule has 0 atom stereocenters. The van der Waals surface area contributed by atoms with Gasteiger partial charge in [-0.05, 0) is 19.1 Å². The van der Waals surface area contributed by atoms with Gasteiger partial charge in [-0.15, -0.1) is 11.8 Å². The van der Waals surface area contributed by atoms with Gasteiger partial charge in [0.15, 0.2) is 0 Å². The Hall–Kier alpha value is -1.14. The number of amides is 2. The summed E-state index contributed by atoms with van der Waals surface area (Å²) in [6, 6.07) is 8.37. The fraction of sp³-hybridized carbons (Fsp3) is 0.467. The molecule has 1 N–H and O–H groups in total. The van der Waals surface area contributed by atoms with E-state index < -0.39 is 0 Å². The highest BCUT2D eigenvalue weighted by Crippen LogP contribution is 2.18. The highest BCUT2D eigenvalue weighted by Gasteiger charge is 2.21. The molecule has 0 radical (unpaired) electrons. The fourth-order valence-corrected chi connectivity index (χ4v) is 3.57. The number of nitrogens with one attached hydrogen (secondary N) is 1. The van der Waals surface area contributed by atoms with Crippen molar-refractivity contribution in [2.24, 2.45) is 0 Å². The van der Waals surface area contributed by atoms with Crippen LogP contribution in [0.1, 0.15) is 12.0 Å². The van der Waals surface area contributed by atoms with Crippen molar-refractivity contribution in [1.82, 2.24) is 10.2 Å². The predicted octanol–water partition coefficient (Wildman–Crippen LogP) is 2.76. The van der Waals surface area contributed by atoms with Crippen LogP contribution in [0.4, 0.5) is 4.79 Å². The summed E-state index contributed by atoms with van der Waals surface area (Å²) in [6.45, 7) is 4.02. The van der Waals surface area contributed by atoms with Crippen LogP contribution in [0.3, 0.4) is 0 Å². The topological polar surface area (TPSA) is 49.4 Å². The third-order valence-electron chi connectivity index (χ3n) is 3.17. The van der Waals surface area contributed by atoms with Crippen molar-refractivity contribution >= 4 is 34.7 Å². The molecule has 1 aromatic carbocycles. The van der Waals surface area contributed by atoms with Crippen LogP contribution in [0.15, 0.2) is 29.2 Å². The number of carbonyl (C=O) groups excluding carboxylic acids is 2. The Morgan fingerprint density at radius 3 is 2.81 bits per heavy atom. The Morgan fingerprint density at radius 1 is 1.38 bits per heavy atom. The summed E-state index contributed by atoms with van der Waals surface area (Å²) in [5, 5.41) is 2.99. The van der Waals surface area contributed by atoms with E-state index in [4.69, 9.17) is 0 Å². The third kappa shape index (κ3) is 5.63. The number of carbonyl (C=O) groups is 2. The van der Waals surface area contributed by atoms with Crippen LogP contribution >= 0.6 is 23.5 Å². The van der Waals surface area contributed by atoms with Crippen LogP contribution in [0.25, 0.3) is 0 Å². The van der Waals surface area contributed by atoms with Crippen LogP contribution in [0, 0.1) is 6.92 Å². The minimum Gasteiger partial charge on any atom is -0.355 e. The molecule has 0 aliphatic carbocycles. The fourth-order valence-electron chi connectivity index (χ4n) is 1.95. The van der Waals surface area contributed by atoms with Gasteiger partial charge >= 0.3 is 0 Å². The zero-order valence-corrected chi connectivity index (χ0v) is 13.8. The van der Waals surface area contributed by atoms with Gasteiger partial charge in [0, 0.05) is 42.5 Å². The number of hydrogen-bond acceptors (Lipinski definition) is 4. The second-order valence-corrected chi connectivity index (χ2v) is 7.08. The van der Waals surface area contributed by atoms with Crippen LogP contribution < -0.4 is 5.32 Å². The molecule has 4 nitrogen and oxygen atoms in total. The molecular weight excluding hydrogens is 304 g/mol. The molecule has 1 aromatic rings. The van der Waals surface area contributed by atoms with Crippen molar-refractivity contribution in [3.05, 3.63) is 29.8 Å². The maximum absolute atomic E-state index is 11.7. The highest BCUT2D eigenvalue weighted by molar-refractivity contribution is 8.13. The van der Waals surface area contributed by atoms with Gasteiger partial charge in [-0.1, -0.05) is 29.5 Å². The molecule has 1 heterocycles. The Bertz CT molecular complexity index is 491. The predicted molar refractivity (Wildman–Crippen MR) is 89.0 cm³/mol. The summed E-state index contributed by atoms with van der Waals surface area (Å²) in [5.41, 5.74) is 1.25. The Kier molecular flexibility index (Phi) is 6.45. The summed E-state index contributed by atoms with van der Waals surface area (Å²) in [4.78, 5) is 26.0. The first-order valence-corrected chi connectivity index (χ1v) is 9.00. The number of thioether (sulfide) groups is 2. The summed E-state index contributed by atoms with van der Waals surface area (Å²) < 4.78 is 0. The minimum atomic E-state index is 0.0178. The van der Waals surface area contributed by atoms with Crippen molar-refractivity contribution in [1.29, 1.82) is 0 Å². The van der Waals surface area contributed by atoms with E-state index in [1.165, 1.54) is 22.2 Å². The molecule has 0 unspecified atom stereocenters. The third-order valence-corrected chi connectivity index (χ3v) is 5.07. The first-order chi connectivity index (χ1) is 10.1. The lowest BCUT2D eigenvalue weighted by Gasteiger charge is -2.13. The van der Waals surface area contributed by atoms with Gasteiger partial charge in [0.1, 0.15) is 0 Å². The second-order valence-electron chi connectivity index (χ2n) is 4.86. The average Bonchev–Trinajstić information content (AvgIpc) is 2.89. The van der Waals surface area contributed by atoms with E-state index in [0.717, 1.165) is 18.1 Å². The van der Waals surface area contributed by atoms with Crippen molar-refractivity contribution < 1.29 is 9.59 Å². The zero-order chi connectivity index (χ0) is 15.1. The SMILES string of the molecule is Cc1ccc(SCCNC(=O)CCN2CCSC2=O)cc1. The molecule has 6 heteroatoms. The lowest BCUT2D eigenvalue weighted by atomic mass is 10.2. The van der Waals surface area contributed by atoms with Gasteiger partial charge < -0.3 is 10.2 Å². The molecule has 2 amide bonds. The molecule has 21 heavy (non-hydrogen) atoms. The summed E-state index contributed by atoms with van der Waals surface area (Å²) in [7, 11) is 0. The monoisotopic (exact) mass is 324 g/mol. The summed E-state index contributed by atoms with van der Waals surface area (Å²) >= 11 is 3.06. The lowest BCUT2D eigenvalue weighted by Crippen LogP contribution is -2.31. The quantitative estimate of drug-likeness (QED) is 0.619. The van der Waals surface area contributed by atoms with Crippen LogP contribution in [0.5, 0.6) is 0 Å². The number of benzene rings is 1. The first-order valence-electron chi connectivity index (χ1n) is 7.03. The van der Waals surface area contributed by atoms with E-state index >= 15 is 0 Å². The average molecular weight is 324 g/mol. The Balaban J connectivity index is 1.56. The number of nitrogens with zero attached hydrogens (tertiary/aromatic N) is 1. The Morgan fingerprint density at radius 2 is 2.14 bits per heavy atom. The van der Waals surface area contributed by atoms with Gasteiger partial charge in [0.05, 0.1) is 0 Å². The molecule has 0 bridgehead atoms. The molecule has 1 fully saturated rings. The summed E-state index contributed by atoms with van der Waals surface area (Å²) in [5.74, 6) is 1.71. The van der Waals surface area contributed by atoms with Gasteiger partial charge in [0.2, 0.25) is 5.91 Å². The Labute approximate surface area is 134 Å². The van der Waals surface area contributed by atoms with E-state index in [1.54, 1.807) is 16.7 Å². The molecular formula is C15H20N2O2S2. The molecule has 114 valence electrons. The van der Waals surface area contributed by atoms with Crippen molar-refractivity contribution in [2.75, 3.05) is 31.1 Å². The highest BCUT2D eigenvalue weighted by atomic mass is 32.2. The zero-order valence-electron chi connectivity index (χ0n) is 12.1. The van der Waals surface area contributed by atoms with E-state index in [9.17, 15) is 9.59 Å². The van der Waals surface area contributed by atoms with Crippen LogP contribution in [-0.2, 0) is 4.79 Å². The van der Waals surface area contributed by atoms with Gasteiger partial charge in [0.25, 0.3) is 5.24 Å². The molecule has 1 aliphatic heterocycles. The largest absolute Gasteiger partial charge is 0.355 e. The van der Waals surface area contributed by atoms with Crippen molar-refractivity contribution in [2.45, 2.75) is 18.2 Å². The van der Waals surface area contributed by atoms with Gasteiger partial charge in [-0.25, -0.2) is 0 Å². The van der Waals surface area contributed by atoms with Crippen molar-refractivity contribution in [3.63, 3.8) is 0 Å². The van der Waals surface area contributed by atoms with E-state index in [-0.39, 0.29) is 11.1 Å². The lowest BCUT2D eigenvalue weighted by molar-refractivity contribution is -0.121. The van der Waals surface area contributed by atoms with Crippen molar-refractivity contribution in [3.8, 4) is 0 Å². The molecule has 0 spiro atoms. The minimum absolute atomic E-state index is 0.0178. The molecule has 1 aliphatic rings. The normalized spacial score (nSPS) is 14.5.